The van der Waals surface area contributed by atoms with Gasteiger partial charge in [0.1, 0.15) is 0 Å². The number of aromatic nitrogens is 2. The Kier molecular flexibility index (Phi) is 5.39. The topological polar surface area (TPSA) is 50.2 Å². The summed E-state index contributed by atoms with van der Waals surface area (Å²) in [4.78, 5) is 14.5. The maximum Gasteiger partial charge on any atom is 0.237 e. The Balaban J connectivity index is 1.85. The number of hydrogen-bond acceptors (Lipinski definition) is 3. The van der Waals surface area contributed by atoms with E-state index in [1.165, 1.54) is 19.3 Å². The number of hydrogen-bond donors (Lipinski definition) is 1. The average Bonchev–Trinajstić information content (AvgIpc) is 2.85. The maximum absolute atomic E-state index is 12.4. The molecule has 0 unspecified atom stereocenters. The number of likely N-dealkylation sites (N-methyl/N-ethyl adjacent to an activating group) is 1. The lowest BCUT2D eigenvalue weighted by molar-refractivity contribution is -0.126. The quantitative estimate of drug-likeness (QED) is 0.902. The van der Waals surface area contributed by atoms with Gasteiger partial charge in [0.15, 0.2) is 0 Å². The Hall–Kier alpha value is -1.36. The van der Waals surface area contributed by atoms with Crippen LogP contribution < -0.4 is 5.32 Å². The minimum absolute atomic E-state index is 0.126. The van der Waals surface area contributed by atoms with Crippen molar-refractivity contribution in [1.29, 1.82) is 0 Å². The fraction of sp³-hybridized carbons (Fsp3) is 0.750. The summed E-state index contributed by atoms with van der Waals surface area (Å²) in [7, 11) is 3.89. The van der Waals surface area contributed by atoms with E-state index in [0.29, 0.717) is 12.0 Å². The van der Waals surface area contributed by atoms with Gasteiger partial charge in [0, 0.05) is 31.4 Å². The Labute approximate surface area is 127 Å². The van der Waals surface area contributed by atoms with Gasteiger partial charge in [-0.2, -0.15) is 5.10 Å². The molecule has 1 aromatic rings. The highest BCUT2D eigenvalue weighted by molar-refractivity contribution is 5.81. The molecular weight excluding hydrogens is 264 g/mol. The molecule has 1 N–H and O–H groups in total. The normalized spacial score (nSPS) is 24.0. The van der Waals surface area contributed by atoms with Crippen LogP contribution in [0.4, 0.5) is 0 Å². The molecular formula is C16H28N4O. The molecule has 21 heavy (non-hydrogen) atoms. The molecule has 1 aromatic heterocycles. The van der Waals surface area contributed by atoms with E-state index < -0.39 is 0 Å². The minimum atomic E-state index is -0.126. The number of aryl methyl sites for hydroxylation is 1. The van der Waals surface area contributed by atoms with Crippen LogP contribution in [0.1, 0.15) is 45.1 Å². The van der Waals surface area contributed by atoms with E-state index >= 15 is 0 Å². The zero-order valence-corrected chi connectivity index (χ0v) is 13.7. The molecule has 1 aliphatic carbocycles. The lowest BCUT2D eigenvalue weighted by Gasteiger charge is -2.32. The van der Waals surface area contributed by atoms with Gasteiger partial charge in [-0.05, 0) is 32.7 Å². The van der Waals surface area contributed by atoms with Crippen LogP contribution in [0.5, 0.6) is 0 Å². The molecule has 1 heterocycles. The number of nitrogens with zero attached hydrogens (tertiary/aromatic N) is 3. The molecule has 0 aromatic carbocycles. The van der Waals surface area contributed by atoms with E-state index in [-0.39, 0.29) is 11.9 Å². The predicted octanol–water partition coefficient (Wildman–Crippen LogP) is 1.94. The second-order valence-corrected chi connectivity index (χ2v) is 6.49. The fourth-order valence-corrected chi connectivity index (χ4v) is 3.01. The lowest BCUT2D eigenvalue weighted by Crippen LogP contribution is -2.49. The van der Waals surface area contributed by atoms with Crippen LogP contribution in [0.15, 0.2) is 12.4 Å². The number of nitrogens with one attached hydrogen (secondary N) is 1. The Morgan fingerprint density at radius 3 is 2.86 bits per heavy atom. The first-order chi connectivity index (χ1) is 9.97. The average molecular weight is 292 g/mol. The third-order valence-corrected chi connectivity index (χ3v) is 4.67. The van der Waals surface area contributed by atoms with Gasteiger partial charge in [0.25, 0.3) is 0 Å². The molecule has 0 spiro atoms. The van der Waals surface area contributed by atoms with E-state index in [1.807, 2.05) is 33.4 Å². The van der Waals surface area contributed by atoms with Crippen LogP contribution in [0.2, 0.25) is 0 Å². The van der Waals surface area contributed by atoms with Gasteiger partial charge >= 0.3 is 0 Å². The predicted molar refractivity (Wildman–Crippen MR) is 83.7 cm³/mol. The summed E-state index contributed by atoms with van der Waals surface area (Å²) in [5, 5.41) is 7.41. The fourth-order valence-electron chi connectivity index (χ4n) is 3.01. The van der Waals surface area contributed by atoms with Crippen LogP contribution in [0.3, 0.4) is 0 Å². The van der Waals surface area contributed by atoms with Crippen LogP contribution in [-0.2, 0) is 18.4 Å². The van der Waals surface area contributed by atoms with Gasteiger partial charge in [-0.1, -0.05) is 19.8 Å². The van der Waals surface area contributed by atoms with Crippen molar-refractivity contribution in [2.24, 2.45) is 13.0 Å². The molecule has 5 nitrogen and oxygen atoms in total. The molecule has 1 aliphatic rings. The SMILES string of the molecule is C[C@@H]1CCCC[C@@H]1NC(=O)[C@@H](C)N(C)Cc1cnn(C)c1. The van der Waals surface area contributed by atoms with Crippen LogP contribution in [0, 0.1) is 5.92 Å². The molecule has 1 amide bonds. The van der Waals surface area contributed by atoms with E-state index in [9.17, 15) is 4.79 Å². The van der Waals surface area contributed by atoms with Crippen LogP contribution in [-0.4, -0.2) is 39.7 Å². The number of carbonyl (C=O) groups excluding carboxylic acids is 1. The Morgan fingerprint density at radius 1 is 1.52 bits per heavy atom. The Morgan fingerprint density at radius 2 is 2.24 bits per heavy atom. The summed E-state index contributed by atoms with van der Waals surface area (Å²) < 4.78 is 1.79. The highest BCUT2D eigenvalue weighted by atomic mass is 16.2. The first-order valence-electron chi connectivity index (χ1n) is 7.95. The third-order valence-electron chi connectivity index (χ3n) is 4.67. The molecule has 118 valence electrons. The van der Waals surface area contributed by atoms with E-state index in [4.69, 9.17) is 0 Å². The van der Waals surface area contributed by atoms with Gasteiger partial charge in [0.05, 0.1) is 12.2 Å². The van der Waals surface area contributed by atoms with Crippen LogP contribution in [0.25, 0.3) is 0 Å². The van der Waals surface area contributed by atoms with E-state index in [1.54, 1.807) is 4.68 Å². The smallest absolute Gasteiger partial charge is 0.237 e. The standard InChI is InChI=1S/C16H28N4O/c1-12-7-5-6-8-15(12)18-16(21)13(2)19(3)10-14-9-17-20(4)11-14/h9,11-13,15H,5-8,10H2,1-4H3,(H,18,21)/t12-,13-,15+/m1/s1. The van der Waals surface area contributed by atoms with E-state index in [2.05, 4.69) is 22.2 Å². The van der Waals surface area contributed by atoms with Crippen molar-refractivity contribution in [3.8, 4) is 0 Å². The highest BCUT2D eigenvalue weighted by Gasteiger charge is 2.26. The molecule has 0 bridgehead atoms. The van der Waals surface area contributed by atoms with Crippen LogP contribution >= 0.6 is 0 Å². The van der Waals surface area contributed by atoms with Gasteiger partial charge in [0.2, 0.25) is 5.91 Å². The first-order valence-corrected chi connectivity index (χ1v) is 7.95. The third kappa shape index (κ3) is 4.30. The van der Waals surface area contributed by atoms with Crippen molar-refractivity contribution in [1.82, 2.24) is 20.0 Å². The number of carbonyl (C=O) groups is 1. The number of rotatable bonds is 5. The zero-order chi connectivity index (χ0) is 15.4. The summed E-state index contributed by atoms with van der Waals surface area (Å²) in [6.45, 7) is 4.95. The maximum atomic E-state index is 12.4. The molecule has 0 radical (unpaired) electrons. The highest BCUT2D eigenvalue weighted by Crippen LogP contribution is 2.23. The largest absolute Gasteiger partial charge is 0.352 e. The first kappa shape index (κ1) is 16.0. The molecule has 0 aliphatic heterocycles. The van der Waals surface area contributed by atoms with Gasteiger partial charge < -0.3 is 5.32 Å². The summed E-state index contributed by atoms with van der Waals surface area (Å²) >= 11 is 0. The van der Waals surface area contributed by atoms with Gasteiger partial charge in [-0.15, -0.1) is 0 Å². The summed E-state index contributed by atoms with van der Waals surface area (Å²) in [5.41, 5.74) is 1.13. The molecule has 1 fully saturated rings. The van der Waals surface area contributed by atoms with Crippen molar-refractivity contribution < 1.29 is 4.79 Å². The molecule has 0 saturated heterocycles. The molecule has 1 saturated carbocycles. The molecule has 3 atom stereocenters. The summed E-state index contributed by atoms with van der Waals surface area (Å²) in [5.74, 6) is 0.735. The van der Waals surface area contributed by atoms with Crippen molar-refractivity contribution in [3.05, 3.63) is 18.0 Å². The van der Waals surface area contributed by atoms with Gasteiger partial charge in [-0.3, -0.25) is 14.4 Å². The monoisotopic (exact) mass is 292 g/mol. The lowest BCUT2D eigenvalue weighted by atomic mass is 9.86. The molecule has 5 heteroatoms. The number of amides is 1. The summed E-state index contributed by atoms with van der Waals surface area (Å²) in [6, 6.07) is 0.222. The van der Waals surface area contributed by atoms with Crippen molar-refractivity contribution in [2.75, 3.05) is 7.05 Å². The summed E-state index contributed by atoms with van der Waals surface area (Å²) in [6.07, 6.45) is 8.71. The minimum Gasteiger partial charge on any atom is -0.352 e. The second-order valence-electron chi connectivity index (χ2n) is 6.49. The van der Waals surface area contributed by atoms with Crippen molar-refractivity contribution in [3.63, 3.8) is 0 Å². The Bertz CT molecular complexity index is 471. The molecule has 2 rings (SSSR count). The van der Waals surface area contributed by atoms with Crippen molar-refractivity contribution in [2.45, 2.75) is 58.2 Å². The second kappa shape index (κ2) is 7.07. The van der Waals surface area contributed by atoms with Gasteiger partial charge in [-0.25, -0.2) is 0 Å². The van der Waals surface area contributed by atoms with Crippen molar-refractivity contribution >= 4 is 5.91 Å². The zero-order valence-electron chi connectivity index (χ0n) is 13.7. The van der Waals surface area contributed by atoms with E-state index in [0.717, 1.165) is 18.5 Å².